The van der Waals surface area contributed by atoms with Gasteiger partial charge in [0.15, 0.2) is 5.78 Å². The Labute approximate surface area is 300 Å². The molecule has 5 heteroatoms. The quantitative estimate of drug-likeness (QED) is 0.211. The van der Waals surface area contributed by atoms with Crippen LogP contribution in [0.2, 0.25) is 0 Å². The van der Waals surface area contributed by atoms with Gasteiger partial charge in [-0.3, -0.25) is 4.79 Å². The minimum atomic E-state index is -1.08. The maximum absolute atomic E-state index is 13.9. The smallest absolute Gasteiger partial charge is 0.159 e. The van der Waals surface area contributed by atoms with Crippen LogP contribution in [-0.4, -0.2) is 50.1 Å². The molecule has 0 aliphatic heterocycles. The fraction of sp³-hybridized carbons (Fsp3) is 0.844. The first-order valence-electron chi connectivity index (χ1n) is 21.3. The van der Waals surface area contributed by atoms with Gasteiger partial charge in [0.25, 0.3) is 0 Å². The normalized spacial score (nSPS) is 53.2. The average molecular weight is 685 g/mol. The summed E-state index contributed by atoms with van der Waals surface area (Å²) < 4.78 is 0. The molecule has 4 N–H and O–H groups in total. The highest BCUT2D eigenvalue weighted by molar-refractivity contribution is 5.95. The molecule has 0 aromatic rings. The van der Waals surface area contributed by atoms with E-state index in [-0.39, 0.29) is 35.4 Å². The van der Waals surface area contributed by atoms with Gasteiger partial charge < -0.3 is 20.4 Å². The number of carbonyl (C=O) groups is 1. The van der Waals surface area contributed by atoms with E-state index in [9.17, 15) is 25.2 Å². The second-order valence-corrected chi connectivity index (χ2v) is 20.7. The third-order valence-corrected chi connectivity index (χ3v) is 19.0. The SMILES string of the molecule is CC(C)C1=C2CCCC3(CCCC3)C2C2=C3C(CCC2)C2CCC4CC5C(=CC(=O)C6CC(O)C(O)CC65C)C5(O)CCC(C2C(O)C13)C45C. The molecule has 1 spiro atoms. The van der Waals surface area contributed by atoms with Crippen molar-refractivity contribution in [3.63, 3.8) is 0 Å². The van der Waals surface area contributed by atoms with Gasteiger partial charge in [0.2, 0.25) is 0 Å². The van der Waals surface area contributed by atoms with E-state index in [1.165, 1.54) is 64.2 Å². The van der Waals surface area contributed by atoms with Crippen LogP contribution in [0.3, 0.4) is 0 Å². The van der Waals surface area contributed by atoms with Crippen LogP contribution >= 0.6 is 0 Å². The van der Waals surface area contributed by atoms with Crippen LogP contribution < -0.4 is 0 Å². The molecule has 0 aromatic heterocycles. The maximum atomic E-state index is 13.9. The fourth-order valence-electron chi connectivity index (χ4n) is 17.2. The number of fused-ring (bicyclic) bond motifs is 10. The van der Waals surface area contributed by atoms with E-state index in [0.29, 0.717) is 54.3 Å². The summed E-state index contributed by atoms with van der Waals surface area (Å²) in [7, 11) is 0. The van der Waals surface area contributed by atoms with Gasteiger partial charge in [-0.2, -0.15) is 0 Å². The molecule has 50 heavy (non-hydrogen) atoms. The van der Waals surface area contributed by atoms with Gasteiger partial charge in [-0.05, 0) is 160 Å². The average Bonchev–Trinajstić information content (AvgIpc) is 3.61. The number of aliphatic hydroxyl groups is 4. The predicted molar refractivity (Wildman–Crippen MR) is 193 cm³/mol. The molecule has 15 unspecified atom stereocenters. The van der Waals surface area contributed by atoms with Gasteiger partial charge in [0.05, 0.1) is 23.9 Å². The zero-order chi connectivity index (χ0) is 34.7. The molecule has 10 aliphatic rings. The minimum Gasteiger partial charge on any atom is -0.392 e. The van der Waals surface area contributed by atoms with Crippen molar-refractivity contribution in [2.24, 2.45) is 75.4 Å². The molecule has 274 valence electrons. The van der Waals surface area contributed by atoms with Crippen molar-refractivity contribution in [3.8, 4) is 0 Å². The molecular formula is C45H64O5. The highest BCUT2D eigenvalue weighted by Gasteiger charge is 2.73. The summed E-state index contributed by atoms with van der Waals surface area (Å²) in [6, 6.07) is 0. The molecule has 10 rings (SSSR count). The minimum absolute atomic E-state index is 0.0359. The first kappa shape index (κ1) is 33.3. The summed E-state index contributed by atoms with van der Waals surface area (Å²) in [6.45, 7) is 9.39. The Morgan fingerprint density at radius 2 is 1.56 bits per heavy atom. The number of aliphatic hydroxyl groups excluding tert-OH is 3. The molecule has 0 heterocycles. The molecule has 0 bridgehead atoms. The Morgan fingerprint density at radius 1 is 0.820 bits per heavy atom. The van der Waals surface area contributed by atoms with Crippen LogP contribution in [0, 0.1) is 75.4 Å². The van der Waals surface area contributed by atoms with Crippen molar-refractivity contribution in [2.75, 3.05) is 0 Å². The van der Waals surface area contributed by atoms with Crippen LogP contribution in [0.1, 0.15) is 137 Å². The highest BCUT2D eigenvalue weighted by atomic mass is 16.3. The zero-order valence-corrected chi connectivity index (χ0v) is 31.3. The maximum Gasteiger partial charge on any atom is 0.159 e. The van der Waals surface area contributed by atoms with Crippen LogP contribution in [0.25, 0.3) is 0 Å². The summed E-state index contributed by atoms with van der Waals surface area (Å²) in [5.74, 6) is 2.66. The lowest BCUT2D eigenvalue weighted by molar-refractivity contribution is -0.168. The largest absolute Gasteiger partial charge is 0.392 e. The molecule has 7 saturated carbocycles. The predicted octanol–water partition coefficient (Wildman–Crippen LogP) is 7.86. The molecule has 0 amide bonds. The second kappa shape index (κ2) is 10.9. The summed E-state index contributed by atoms with van der Waals surface area (Å²) in [5.41, 5.74) is 6.35. The van der Waals surface area contributed by atoms with Crippen molar-refractivity contribution in [2.45, 2.75) is 161 Å². The summed E-state index contributed by atoms with van der Waals surface area (Å²) in [4.78, 5) is 13.9. The zero-order valence-electron chi connectivity index (χ0n) is 31.3. The fourth-order valence-corrected chi connectivity index (χ4v) is 17.2. The van der Waals surface area contributed by atoms with Gasteiger partial charge in [-0.25, -0.2) is 0 Å². The molecule has 15 atom stereocenters. The topological polar surface area (TPSA) is 98.0 Å². The van der Waals surface area contributed by atoms with Gasteiger partial charge >= 0.3 is 0 Å². The van der Waals surface area contributed by atoms with Gasteiger partial charge in [0.1, 0.15) is 0 Å². The van der Waals surface area contributed by atoms with E-state index in [4.69, 9.17) is 0 Å². The number of ketones is 1. The Hall–Kier alpha value is -1.27. The van der Waals surface area contributed by atoms with E-state index in [1.807, 2.05) is 6.08 Å². The van der Waals surface area contributed by atoms with E-state index >= 15 is 0 Å². The van der Waals surface area contributed by atoms with Crippen molar-refractivity contribution < 1.29 is 25.2 Å². The van der Waals surface area contributed by atoms with Gasteiger partial charge in [-0.15, -0.1) is 0 Å². The summed E-state index contributed by atoms with van der Waals surface area (Å²) in [5, 5.41) is 48.1. The Bertz CT molecular complexity index is 1580. The Morgan fingerprint density at radius 3 is 2.32 bits per heavy atom. The van der Waals surface area contributed by atoms with Crippen molar-refractivity contribution in [1.29, 1.82) is 0 Å². The summed E-state index contributed by atoms with van der Waals surface area (Å²) >= 11 is 0. The molecule has 0 saturated heterocycles. The van der Waals surface area contributed by atoms with Crippen LogP contribution in [0.15, 0.2) is 33.9 Å². The van der Waals surface area contributed by atoms with Gasteiger partial charge in [0, 0.05) is 23.2 Å². The monoisotopic (exact) mass is 684 g/mol. The molecule has 0 aromatic carbocycles. The molecular weight excluding hydrogens is 620 g/mol. The Balaban J connectivity index is 1.10. The summed E-state index contributed by atoms with van der Waals surface area (Å²) in [6.07, 6.45) is 18.4. The third kappa shape index (κ3) is 3.93. The Kier molecular flexibility index (Phi) is 7.27. The number of allylic oxidation sites excluding steroid dienone is 3. The highest BCUT2D eigenvalue weighted by Crippen LogP contribution is 2.75. The van der Waals surface area contributed by atoms with Crippen molar-refractivity contribution in [1.82, 2.24) is 0 Å². The third-order valence-electron chi connectivity index (χ3n) is 19.0. The lowest BCUT2D eigenvalue weighted by atomic mass is 9.42. The van der Waals surface area contributed by atoms with Crippen LogP contribution in [-0.2, 0) is 4.79 Å². The van der Waals surface area contributed by atoms with Crippen molar-refractivity contribution in [3.05, 3.63) is 33.9 Å². The lowest BCUT2D eigenvalue weighted by Crippen LogP contribution is -2.64. The molecule has 7 fully saturated rings. The second-order valence-electron chi connectivity index (χ2n) is 20.7. The van der Waals surface area contributed by atoms with Crippen LogP contribution in [0.4, 0.5) is 0 Å². The first-order valence-corrected chi connectivity index (χ1v) is 21.3. The number of hydrogen-bond donors (Lipinski definition) is 4. The molecule has 5 nitrogen and oxygen atoms in total. The van der Waals surface area contributed by atoms with Crippen LogP contribution in [0.5, 0.6) is 0 Å². The number of carbonyl (C=O) groups excluding carboxylic acids is 1. The lowest BCUT2D eigenvalue weighted by Gasteiger charge is -2.63. The van der Waals surface area contributed by atoms with Gasteiger partial charge in [-0.1, -0.05) is 62.8 Å². The number of rotatable bonds is 1. The van der Waals surface area contributed by atoms with E-state index in [1.54, 1.807) is 22.3 Å². The van der Waals surface area contributed by atoms with Crippen molar-refractivity contribution >= 4 is 5.78 Å². The first-order chi connectivity index (χ1) is 23.9. The molecule has 10 aliphatic carbocycles. The standard InChI is InChI=1S/C45H64O5/c1-23(2)36-27-11-8-17-44(15-5-6-16-44)40(27)28-10-7-9-25-26-13-12-24-19-30-31(20-33(46)32-21-34(47)35(48)22-42(30,32)3)45(50)18-14-29(43(24,45)4)38(26)41(49)39(36)37(25)28/h20,23-26,29-30,32,34-35,38-41,47-50H,5-19,21-22H2,1-4H3. The van der Waals surface area contributed by atoms with E-state index in [2.05, 4.69) is 27.7 Å². The molecule has 0 radical (unpaired) electrons. The van der Waals surface area contributed by atoms with E-state index in [0.717, 1.165) is 31.3 Å². The van der Waals surface area contributed by atoms with E-state index < -0.39 is 34.7 Å². The number of hydrogen-bond acceptors (Lipinski definition) is 5.